The van der Waals surface area contributed by atoms with Gasteiger partial charge in [-0.05, 0) is 6.42 Å². The summed E-state index contributed by atoms with van der Waals surface area (Å²) in [6.45, 7) is 2.59. The summed E-state index contributed by atoms with van der Waals surface area (Å²) in [7, 11) is 0. The normalized spacial score (nSPS) is 22.8. The van der Waals surface area contributed by atoms with Gasteiger partial charge in [0.25, 0.3) is 0 Å². The molecule has 9 heavy (non-hydrogen) atoms. The summed E-state index contributed by atoms with van der Waals surface area (Å²) in [6, 6.07) is 0. The third kappa shape index (κ3) is 1.31. The van der Waals surface area contributed by atoms with Crippen LogP contribution in [0.25, 0.3) is 0 Å². The maximum atomic E-state index is 10.7. The first kappa shape index (κ1) is 6.33. The smallest absolute Gasteiger partial charge is 0.333 e. The van der Waals surface area contributed by atoms with Gasteiger partial charge in [-0.15, -0.1) is 0 Å². The van der Waals surface area contributed by atoms with Gasteiger partial charge in [0, 0.05) is 12.0 Å². The van der Waals surface area contributed by atoms with E-state index in [9.17, 15) is 4.79 Å². The van der Waals surface area contributed by atoms with Gasteiger partial charge in [0.1, 0.15) is 0 Å². The van der Waals surface area contributed by atoms with E-state index < -0.39 is 0 Å². The van der Waals surface area contributed by atoms with E-state index in [1.807, 2.05) is 13.0 Å². The largest absolute Gasteiger partial charge is 0.462 e. The van der Waals surface area contributed by atoms with Gasteiger partial charge < -0.3 is 4.74 Å². The highest BCUT2D eigenvalue weighted by Gasteiger charge is 2.16. The Morgan fingerprint density at radius 1 is 1.78 bits per heavy atom. The molecule has 50 valence electrons. The second kappa shape index (κ2) is 2.67. The molecule has 0 spiro atoms. The molecule has 0 amide bonds. The molecule has 2 heteroatoms. The minimum Gasteiger partial charge on any atom is -0.462 e. The predicted molar refractivity (Wildman–Crippen MR) is 33.9 cm³/mol. The number of ether oxygens (including phenoxy) is 1. The van der Waals surface area contributed by atoms with Crippen molar-refractivity contribution in [1.29, 1.82) is 0 Å². The standard InChI is InChI=1S/C7H10O2/c1-2-3-6-4-5-9-7(6)8/h3H,2,4-5H2,1H3. The third-order valence-electron chi connectivity index (χ3n) is 1.32. The lowest BCUT2D eigenvalue weighted by Gasteiger charge is -1.86. The molecule has 0 saturated carbocycles. The number of hydrogen-bond acceptors (Lipinski definition) is 2. The van der Waals surface area contributed by atoms with Crippen LogP contribution < -0.4 is 0 Å². The van der Waals surface area contributed by atoms with Gasteiger partial charge in [-0.2, -0.15) is 0 Å². The lowest BCUT2D eigenvalue weighted by atomic mass is 10.2. The molecular weight excluding hydrogens is 116 g/mol. The molecule has 0 atom stereocenters. The summed E-state index contributed by atoms with van der Waals surface area (Å²) < 4.78 is 4.71. The van der Waals surface area contributed by atoms with Crippen molar-refractivity contribution in [1.82, 2.24) is 0 Å². The molecule has 1 fully saturated rings. The maximum Gasteiger partial charge on any atom is 0.333 e. The van der Waals surface area contributed by atoms with Crippen LogP contribution in [-0.2, 0) is 9.53 Å². The molecule has 1 rings (SSSR count). The highest BCUT2D eigenvalue weighted by molar-refractivity contribution is 5.90. The van der Waals surface area contributed by atoms with E-state index >= 15 is 0 Å². The van der Waals surface area contributed by atoms with Crippen LogP contribution in [0.15, 0.2) is 11.6 Å². The van der Waals surface area contributed by atoms with Crippen LogP contribution >= 0.6 is 0 Å². The first-order valence-electron chi connectivity index (χ1n) is 3.20. The summed E-state index contributed by atoms with van der Waals surface area (Å²) in [5.74, 6) is -0.128. The molecule has 1 saturated heterocycles. The molecule has 2 nitrogen and oxygen atoms in total. The van der Waals surface area contributed by atoms with Crippen molar-refractivity contribution in [2.45, 2.75) is 19.8 Å². The van der Waals surface area contributed by atoms with Gasteiger partial charge in [-0.25, -0.2) is 4.79 Å². The fourth-order valence-electron chi connectivity index (χ4n) is 0.880. The number of cyclic esters (lactones) is 1. The average molecular weight is 126 g/mol. The Hall–Kier alpha value is -0.790. The van der Waals surface area contributed by atoms with E-state index in [4.69, 9.17) is 4.74 Å². The molecule has 0 radical (unpaired) electrons. The van der Waals surface area contributed by atoms with Crippen LogP contribution in [0.2, 0.25) is 0 Å². The minimum atomic E-state index is -0.128. The van der Waals surface area contributed by atoms with Gasteiger partial charge >= 0.3 is 5.97 Å². The molecule has 1 aliphatic rings. The number of rotatable bonds is 1. The average Bonchev–Trinajstić information content (AvgIpc) is 2.18. The monoisotopic (exact) mass is 126 g/mol. The summed E-state index contributed by atoms with van der Waals surface area (Å²) in [4.78, 5) is 10.7. The van der Waals surface area contributed by atoms with Crippen molar-refractivity contribution >= 4 is 5.97 Å². The maximum absolute atomic E-state index is 10.7. The van der Waals surface area contributed by atoms with E-state index in [0.717, 1.165) is 18.4 Å². The Labute approximate surface area is 54.5 Å². The molecule has 0 N–H and O–H groups in total. The summed E-state index contributed by atoms with van der Waals surface area (Å²) in [6.07, 6.45) is 3.65. The lowest BCUT2D eigenvalue weighted by molar-refractivity contribution is -0.135. The highest BCUT2D eigenvalue weighted by atomic mass is 16.5. The molecule has 0 aromatic rings. The van der Waals surface area contributed by atoms with Gasteiger partial charge in [0.05, 0.1) is 6.61 Å². The van der Waals surface area contributed by atoms with Crippen molar-refractivity contribution in [3.05, 3.63) is 11.6 Å². The zero-order chi connectivity index (χ0) is 6.69. The Morgan fingerprint density at radius 3 is 3.00 bits per heavy atom. The molecular formula is C7H10O2. The number of allylic oxidation sites excluding steroid dienone is 1. The first-order valence-corrected chi connectivity index (χ1v) is 3.20. The molecule has 1 heterocycles. The number of hydrogen-bond donors (Lipinski definition) is 0. The van der Waals surface area contributed by atoms with E-state index in [0.29, 0.717) is 6.61 Å². The number of carbonyl (C=O) groups excluding carboxylic acids is 1. The fraction of sp³-hybridized carbons (Fsp3) is 0.571. The van der Waals surface area contributed by atoms with Crippen molar-refractivity contribution in [3.8, 4) is 0 Å². The van der Waals surface area contributed by atoms with Crippen molar-refractivity contribution < 1.29 is 9.53 Å². The van der Waals surface area contributed by atoms with Crippen LogP contribution in [0.5, 0.6) is 0 Å². The fourth-order valence-corrected chi connectivity index (χ4v) is 0.880. The quantitative estimate of drug-likeness (QED) is 0.390. The van der Waals surface area contributed by atoms with Gasteiger partial charge in [-0.1, -0.05) is 13.0 Å². The van der Waals surface area contributed by atoms with Crippen LogP contribution in [0.4, 0.5) is 0 Å². The Morgan fingerprint density at radius 2 is 2.56 bits per heavy atom. The summed E-state index contributed by atoms with van der Waals surface area (Å²) in [5.41, 5.74) is 0.845. The minimum absolute atomic E-state index is 0.128. The molecule has 0 aromatic heterocycles. The van der Waals surface area contributed by atoms with Crippen LogP contribution in [0.3, 0.4) is 0 Å². The molecule has 0 aromatic carbocycles. The SMILES string of the molecule is CCC=C1CCOC1=O. The zero-order valence-electron chi connectivity index (χ0n) is 5.52. The van der Waals surface area contributed by atoms with Crippen LogP contribution in [-0.4, -0.2) is 12.6 Å². The Balaban J connectivity index is 2.59. The molecule has 0 unspecified atom stereocenters. The summed E-state index contributed by atoms with van der Waals surface area (Å²) >= 11 is 0. The molecule has 1 aliphatic heterocycles. The second-order valence-electron chi connectivity index (χ2n) is 2.02. The van der Waals surface area contributed by atoms with Crippen LogP contribution in [0, 0.1) is 0 Å². The van der Waals surface area contributed by atoms with Crippen LogP contribution in [0.1, 0.15) is 19.8 Å². The van der Waals surface area contributed by atoms with E-state index in [1.54, 1.807) is 0 Å². The van der Waals surface area contributed by atoms with Gasteiger partial charge in [0.15, 0.2) is 0 Å². The summed E-state index contributed by atoms with van der Waals surface area (Å²) in [5, 5.41) is 0. The van der Waals surface area contributed by atoms with Crippen molar-refractivity contribution in [2.24, 2.45) is 0 Å². The van der Waals surface area contributed by atoms with Gasteiger partial charge in [0.2, 0.25) is 0 Å². The predicted octanol–water partition coefficient (Wildman–Crippen LogP) is 1.27. The van der Waals surface area contributed by atoms with Gasteiger partial charge in [-0.3, -0.25) is 0 Å². The Bertz CT molecular complexity index is 147. The molecule has 0 aliphatic carbocycles. The number of carbonyl (C=O) groups is 1. The topological polar surface area (TPSA) is 26.3 Å². The Kier molecular flexibility index (Phi) is 1.88. The van der Waals surface area contributed by atoms with Crippen molar-refractivity contribution in [3.63, 3.8) is 0 Å². The number of esters is 1. The van der Waals surface area contributed by atoms with E-state index in [1.165, 1.54) is 0 Å². The highest BCUT2D eigenvalue weighted by Crippen LogP contribution is 2.12. The first-order chi connectivity index (χ1) is 4.34. The van der Waals surface area contributed by atoms with E-state index in [-0.39, 0.29) is 5.97 Å². The lowest BCUT2D eigenvalue weighted by Crippen LogP contribution is -1.93. The zero-order valence-corrected chi connectivity index (χ0v) is 5.52. The second-order valence-corrected chi connectivity index (χ2v) is 2.02. The third-order valence-corrected chi connectivity index (χ3v) is 1.32. The van der Waals surface area contributed by atoms with Crippen molar-refractivity contribution in [2.75, 3.05) is 6.61 Å². The van der Waals surface area contributed by atoms with E-state index in [2.05, 4.69) is 0 Å². The molecule has 0 bridgehead atoms.